The van der Waals surface area contributed by atoms with Crippen LogP contribution in [0.3, 0.4) is 0 Å². The summed E-state index contributed by atoms with van der Waals surface area (Å²) in [5.74, 6) is 4.74. The van der Waals surface area contributed by atoms with E-state index in [2.05, 4.69) is 28.1 Å². The number of nitrogens with zero attached hydrogens (tertiary/aromatic N) is 1. The number of pyridine rings is 1. The van der Waals surface area contributed by atoms with Crippen molar-refractivity contribution in [2.24, 2.45) is 0 Å². The van der Waals surface area contributed by atoms with Gasteiger partial charge < -0.3 is 11.1 Å². The molecule has 2 heterocycles. The summed E-state index contributed by atoms with van der Waals surface area (Å²) in [6.07, 6.45) is 0. The van der Waals surface area contributed by atoms with E-state index in [1.54, 1.807) is 0 Å². The molecule has 0 bridgehead atoms. The largest absolute Gasteiger partial charge is 0.399 e. The minimum Gasteiger partial charge on any atom is -0.399 e. The average molecular weight is 291 g/mol. The van der Waals surface area contributed by atoms with Crippen molar-refractivity contribution in [1.82, 2.24) is 4.98 Å². The van der Waals surface area contributed by atoms with Gasteiger partial charge in [-0.15, -0.1) is 0 Å². The Balaban J connectivity index is 1.69. The quantitative estimate of drug-likeness (QED) is 0.851. The fraction of sp³-hybridized carbons (Fsp3) is 0.357. The third-order valence-electron chi connectivity index (χ3n) is 3.11. The number of hydrogen-bond donors (Lipinski definition) is 2. The molecule has 19 heavy (non-hydrogen) atoms. The Morgan fingerprint density at radius 2 is 2.21 bits per heavy atom. The third kappa shape index (κ3) is 3.28. The van der Waals surface area contributed by atoms with Crippen molar-refractivity contribution in [2.45, 2.75) is 5.25 Å². The van der Waals surface area contributed by atoms with Crippen molar-refractivity contribution in [3.05, 3.63) is 30.3 Å². The second-order valence-corrected chi connectivity index (χ2v) is 7.16. The minimum absolute atomic E-state index is 0.697. The van der Waals surface area contributed by atoms with Crippen LogP contribution in [0.5, 0.6) is 0 Å². The van der Waals surface area contributed by atoms with E-state index in [0.717, 1.165) is 29.0 Å². The van der Waals surface area contributed by atoms with Crippen LogP contribution in [0, 0.1) is 0 Å². The molecule has 1 aromatic heterocycles. The van der Waals surface area contributed by atoms with E-state index in [-0.39, 0.29) is 0 Å². The second-order valence-electron chi connectivity index (χ2n) is 4.60. The maximum Gasteiger partial charge on any atom is 0.126 e. The molecule has 1 saturated heterocycles. The lowest BCUT2D eigenvalue weighted by atomic mass is 10.2. The van der Waals surface area contributed by atoms with Crippen LogP contribution in [0.4, 0.5) is 11.5 Å². The van der Waals surface area contributed by atoms with Crippen LogP contribution in [0.25, 0.3) is 10.9 Å². The minimum atomic E-state index is 0.697. The molecule has 100 valence electrons. The summed E-state index contributed by atoms with van der Waals surface area (Å²) in [4.78, 5) is 4.62. The molecule has 0 radical (unpaired) electrons. The average Bonchev–Trinajstić information content (AvgIpc) is 2.46. The van der Waals surface area contributed by atoms with Crippen LogP contribution in [0.15, 0.2) is 30.3 Å². The van der Waals surface area contributed by atoms with Gasteiger partial charge in [0.15, 0.2) is 0 Å². The van der Waals surface area contributed by atoms with Crippen molar-refractivity contribution in [3.8, 4) is 0 Å². The summed E-state index contributed by atoms with van der Waals surface area (Å²) in [7, 11) is 0. The Morgan fingerprint density at radius 1 is 1.26 bits per heavy atom. The number of hydrogen-bond acceptors (Lipinski definition) is 5. The third-order valence-corrected chi connectivity index (χ3v) is 5.95. The lowest BCUT2D eigenvalue weighted by Crippen LogP contribution is -2.23. The maximum atomic E-state index is 5.77. The van der Waals surface area contributed by atoms with Gasteiger partial charge in [0.05, 0.1) is 5.52 Å². The molecule has 1 atom stereocenters. The highest BCUT2D eigenvalue weighted by molar-refractivity contribution is 8.06. The molecule has 1 unspecified atom stereocenters. The van der Waals surface area contributed by atoms with Crippen LogP contribution < -0.4 is 11.1 Å². The number of benzene rings is 1. The number of fused-ring (bicyclic) bond motifs is 1. The molecule has 0 spiro atoms. The monoisotopic (exact) mass is 291 g/mol. The first-order chi connectivity index (χ1) is 9.31. The topological polar surface area (TPSA) is 50.9 Å². The lowest BCUT2D eigenvalue weighted by Gasteiger charge is -2.21. The van der Waals surface area contributed by atoms with E-state index in [1.165, 1.54) is 17.3 Å². The van der Waals surface area contributed by atoms with Crippen LogP contribution in [-0.2, 0) is 0 Å². The number of nitrogens with one attached hydrogen (secondary N) is 1. The SMILES string of the molecule is Nc1ccc2nc(NCC3CSCCS3)ccc2c1. The first-order valence-electron chi connectivity index (χ1n) is 6.41. The Bertz CT molecular complexity index is 568. The number of nitrogens with two attached hydrogens (primary N) is 1. The normalized spacial score (nSPS) is 19.5. The van der Waals surface area contributed by atoms with E-state index in [1.807, 2.05) is 36.0 Å². The van der Waals surface area contributed by atoms with Crippen molar-refractivity contribution in [1.29, 1.82) is 0 Å². The molecule has 2 aromatic rings. The second kappa shape index (κ2) is 5.92. The van der Waals surface area contributed by atoms with Gasteiger partial charge in [0.1, 0.15) is 5.82 Å². The predicted octanol–water partition coefficient (Wildman–Crippen LogP) is 3.08. The molecule has 1 aliphatic heterocycles. The summed E-state index contributed by atoms with van der Waals surface area (Å²) in [5, 5.41) is 5.23. The van der Waals surface area contributed by atoms with E-state index < -0.39 is 0 Å². The highest BCUT2D eigenvalue weighted by Gasteiger charge is 2.13. The van der Waals surface area contributed by atoms with Gasteiger partial charge in [-0.05, 0) is 30.3 Å². The molecule has 3 rings (SSSR count). The molecule has 0 saturated carbocycles. The van der Waals surface area contributed by atoms with E-state index in [4.69, 9.17) is 5.73 Å². The van der Waals surface area contributed by atoms with Crippen molar-refractivity contribution < 1.29 is 0 Å². The number of aromatic nitrogens is 1. The Morgan fingerprint density at radius 3 is 3.05 bits per heavy atom. The fourth-order valence-corrected chi connectivity index (χ4v) is 4.73. The summed E-state index contributed by atoms with van der Waals surface area (Å²) in [6.45, 7) is 0.991. The number of thioether (sulfide) groups is 2. The van der Waals surface area contributed by atoms with Gasteiger partial charge in [-0.1, -0.05) is 0 Å². The van der Waals surface area contributed by atoms with Gasteiger partial charge in [-0.2, -0.15) is 23.5 Å². The van der Waals surface area contributed by atoms with Gasteiger partial charge in [-0.25, -0.2) is 4.98 Å². The first kappa shape index (κ1) is 12.9. The predicted molar refractivity (Wildman–Crippen MR) is 88.2 cm³/mol. The van der Waals surface area contributed by atoms with Crippen molar-refractivity contribution in [3.63, 3.8) is 0 Å². The Kier molecular flexibility index (Phi) is 4.03. The Labute approximate surface area is 121 Å². The van der Waals surface area contributed by atoms with E-state index in [9.17, 15) is 0 Å². The smallest absolute Gasteiger partial charge is 0.126 e. The molecular weight excluding hydrogens is 274 g/mol. The van der Waals surface area contributed by atoms with Gasteiger partial charge in [0, 0.05) is 40.1 Å². The maximum absolute atomic E-state index is 5.77. The highest BCUT2D eigenvalue weighted by Crippen LogP contribution is 2.24. The van der Waals surface area contributed by atoms with E-state index in [0.29, 0.717) is 5.25 Å². The molecule has 5 heteroatoms. The fourth-order valence-electron chi connectivity index (χ4n) is 2.12. The van der Waals surface area contributed by atoms with Gasteiger partial charge in [-0.3, -0.25) is 0 Å². The zero-order valence-electron chi connectivity index (χ0n) is 10.6. The lowest BCUT2D eigenvalue weighted by molar-refractivity contribution is 0.996. The number of anilines is 2. The molecule has 3 N–H and O–H groups in total. The van der Waals surface area contributed by atoms with Crippen LogP contribution >= 0.6 is 23.5 Å². The molecule has 0 amide bonds. The molecule has 1 aliphatic rings. The van der Waals surface area contributed by atoms with E-state index >= 15 is 0 Å². The molecular formula is C14H17N3S2. The van der Waals surface area contributed by atoms with Crippen LogP contribution in [0.2, 0.25) is 0 Å². The summed E-state index contributed by atoms with van der Waals surface area (Å²) in [6, 6.07) is 9.93. The van der Waals surface area contributed by atoms with Crippen molar-refractivity contribution >= 4 is 45.9 Å². The van der Waals surface area contributed by atoms with Gasteiger partial charge in [0.2, 0.25) is 0 Å². The van der Waals surface area contributed by atoms with Gasteiger partial charge >= 0.3 is 0 Å². The zero-order valence-corrected chi connectivity index (χ0v) is 12.3. The Hall–Kier alpha value is -1.07. The molecule has 1 aromatic carbocycles. The standard InChI is InChI=1S/C14H17N3S2/c15-11-2-3-13-10(7-11)1-4-14(17-13)16-8-12-9-18-5-6-19-12/h1-4,7,12H,5-6,8-9,15H2,(H,16,17). The first-order valence-corrected chi connectivity index (χ1v) is 8.61. The van der Waals surface area contributed by atoms with Gasteiger partial charge in [0.25, 0.3) is 0 Å². The summed E-state index contributed by atoms with van der Waals surface area (Å²) in [5.41, 5.74) is 7.54. The molecule has 0 aliphatic carbocycles. The van der Waals surface area contributed by atoms with Crippen molar-refractivity contribution in [2.75, 3.05) is 34.9 Å². The van der Waals surface area contributed by atoms with Crippen LogP contribution in [-0.4, -0.2) is 34.0 Å². The zero-order chi connectivity index (χ0) is 13.1. The molecule has 1 fully saturated rings. The summed E-state index contributed by atoms with van der Waals surface area (Å²) >= 11 is 4.11. The summed E-state index contributed by atoms with van der Waals surface area (Å²) < 4.78 is 0. The highest BCUT2D eigenvalue weighted by atomic mass is 32.2. The van der Waals surface area contributed by atoms with Crippen LogP contribution in [0.1, 0.15) is 0 Å². The number of rotatable bonds is 3. The molecule has 3 nitrogen and oxygen atoms in total. The number of nitrogen functional groups attached to an aromatic ring is 1.